The Labute approximate surface area is 175 Å². The van der Waals surface area contributed by atoms with Crippen LogP contribution < -0.4 is 19.3 Å². The highest BCUT2D eigenvalue weighted by molar-refractivity contribution is 5.80. The summed E-state index contributed by atoms with van der Waals surface area (Å²) in [6.45, 7) is 11.8. The lowest BCUT2D eigenvalue weighted by Crippen LogP contribution is -3.29. The Morgan fingerprint density at radius 1 is 1.07 bits per heavy atom. The predicted octanol–water partition coefficient (Wildman–Crippen LogP) is 0.165. The molecule has 0 spiro atoms. The Bertz CT molecular complexity index is 678. The van der Waals surface area contributed by atoms with Crippen molar-refractivity contribution in [3.63, 3.8) is 0 Å². The van der Waals surface area contributed by atoms with Crippen LogP contribution in [0, 0.1) is 0 Å². The summed E-state index contributed by atoms with van der Waals surface area (Å²) in [6, 6.07) is 7.00. The summed E-state index contributed by atoms with van der Waals surface area (Å²) >= 11 is 0. The Hall–Kier alpha value is -1.79. The fourth-order valence-corrected chi connectivity index (χ4v) is 5.07. The van der Waals surface area contributed by atoms with E-state index in [0.717, 1.165) is 57.1 Å². The number of quaternary nitrogens is 2. The molecule has 1 aromatic carbocycles. The molecule has 162 valence electrons. The molecule has 2 N–H and O–H groups in total. The van der Waals surface area contributed by atoms with E-state index in [4.69, 9.17) is 9.47 Å². The van der Waals surface area contributed by atoms with Crippen molar-refractivity contribution >= 4 is 5.91 Å². The number of piperazine rings is 1. The van der Waals surface area contributed by atoms with Gasteiger partial charge in [-0.15, -0.1) is 0 Å². The van der Waals surface area contributed by atoms with E-state index in [0.29, 0.717) is 18.0 Å². The van der Waals surface area contributed by atoms with Crippen molar-refractivity contribution < 1.29 is 24.1 Å². The van der Waals surface area contributed by atoms with Crippen LogP contribution in [0.1, 0.15) is 45.6 Å². The second-order valence-electron chi connectivity index (χ2n) is 8.87. The number of nitrogens with zero attached hydrogens (tertiary/aromatic N) is 1. The van der Waals surface area contributed by atoms with Crippen LogP contribution in [-0.4, -0.2) is 69.3 Å². The third-order valence-electron chi connectivity index (χ3n) is 6.93. The van der Waals surface area contributed by atoms with Crippen molar-refractivity contribution in [1.82, 2.24) is 4.90 Å². The van der Waals surface area contributed by atoms with Crippen molar-refractivity contribution in [3.05, 3.63) is 23.8 Å². The topological polar surface area (TPSA) is 47.7 Å². The average Bonchev–Trinajstić information content (AvgIpc) is 2.73. The fraction of sp³-hybridized carbons (Fsp3) is 0.696. The van der Waals surface area contributed by atoms with Crippen LogP contribution in [0.15, 0.2) is 18.2 Å². The Balaban J connectivity index is 1.54. The molecule has 0 bridgehead atoms. The van der Waals surface area contributed by atoms with Gasteiger partial charge in [0.1, 0.15) is 32.7 Å². The third kappa shape index (κ3) is 5.04. The molecule has 2 fully saturated rings. The zero-order valence-corrected chi connectivity index (χ0v) is 18.8. The standard InChI is InChI=1S/C23H37N3O3/c1-17-7-6-8-18(2)26(17)23(27)19(3)25-13-11-24(12-14-25)16-20-9-10-21(28-4)22(15-20)29-5/h9-10,15,17-19H,6-8,11-14,16H2,1-5H3/p+2/t17-,18-,19-/m1/s1. The van der Waals surface area contributed by atoms with Crippen molar-refractivity contribution in [3.8, 4) is 11.5 Å². The highest BCUT2D eigenvalue weighted by Crippen LogP contribution is 2.27. The molecular formula is C23H39N3O3+2. The molecule has 0 aliphatic carbocycles. The van der Waals surface area contributed by atoms with Crippen LogP contribution in [0.5, 0.6) is 11.5 Å². The highest BCUT2D eigenvalue weighted by atomic mass is 16.5. The molecule has 2 saturated heterocycles. The van der Waals surface area contributed by atoms with E-state index in [-0.39, 0.29) is 6.04 Å². The molecule has 2 heterocycles. The number of benzene rings is 1. The van der Waals surface area contributed by atoms with Crippen molar-refractivity contribution in [1.29, 1.82) is 0 Å². The van der Waals surface area contributed by atoms with Gasteiger partial charge in [0, 0.05) is 17.6 Å². The van der Waals surface area contributed by atoms with Crippen LogP contribution in [0.25, 0.3) is 0 Å². The van der Waals surface area contributed by atoms with Crippen molar-refractivity contribution in [2.24, 2.45) is 0 Å². The van der Waals surface area contributed by atoms with Crippen LogP contribution >= 0.6 is 0 Å². The third-order valence-corrected chi connectivity index (χ3v) is 6.93. The second-order valence-corrected chi connectivity index (χ2v) is 8.87. The number of methoxy groups -OCH3 is 2. The first-order chi connectivity index (χ1) is 13.9. The van der Waals surface area contributed by atoms with Gasteiger partial charge in [-0.1, -0.05) is 0 Å². The zero-order chi connectivity index (χ0) is 21.0. The number of carbonyl (C=O) groups is 1. The van der Waals surface area contributed by atoms with E-state index in [2.05, 4.69) is 37.8 Å². The number of nitrogens with one attached hydrogen (secondary N) is 2. The van der Waals surface area contributed by atoms with Crippen molar-refractivity contribution in [2.75, 3.05) is 40.4 Å². The molecule has 0 unspecified atom stereocenters. The fourth-order valence-electron chi connectivity index (χ4n) is 5.07. The van der Waals surface area contributed by atoms with Gasteiger partial charge in [0.2, 0.25) is 0 Å². The molecule has 29 heavy (non-hydrogen) atoms. The Kier molecular flexibility index (Phi) is 7.41. The number of hydrogen-bond acceptors (Lipinski definition) is 3. The summed E-state index contributed by atoms with van der Waals surface area (Å²) < 4.78 is 10.8. The van der Waals surface area contributed by atoms with Gasteiger partial charge in [0.15, 0.2) is 17.5 Å². The summed E-state index contributed by atoms with van der Waals surface area (Å²) in [7, 11) is 3.34. The Morgan fingerprint density at radius 2 is 1.69 bits per heavy atom. The Morgan fingerprint density at radius 3 is 2.28 bits per heavy atom. The van der Waals surface area contributed by atoms with Crippen molar-refractivity contribution in [2.45, 2.75) is 64.7 Å². The van der Waals surface area contributed by atoms with E-state index >= 15 is 0 Å². The molecule has 6 nitrogen and oxygen atoms in total. The summed E-state index contributed by atoms with van der Waals surface area (Å²) in [6.07, 6.45) is 3.52. The zero-order valence-electron chi connectivity index (χ0n) is 18.8. The monoisotopic (exact) mass is 405 g/mol. The average molecular weight is 406 g/mol. The van der Waals surface area contributed by atoms with Gasteiger partial charge in [-0.25, -0.2) is 0 Å². The molecule has 1 aromatic rings. The smallest absolute Gasteiger partial charge is 0.281 e. The number of likely N-dealkylation sites (tertiary alicyclic amines) is 1. The number of carbonyl (C=O) groups excluding carboxylic acids is 1. The summed E-state index contributed by atoms with van der Waals surface area (Å²) in [5, 5.41) is 0. The lowest BCUT2D eigenvalue weighted by Gasteiger charge is -2.42. The predicted molar refractivity (Wildman–Crippen MR) is 114 cm³/mol. The van der Waals surface area contributed by atoms with Gasteiger partial charge in [-0.2, -0.15) is 0 Å². The van der Waals surface area contributed by atoms with Crippen LogP contribution in [0.4, 0.5) is 0 Å². The largest absolute Gasteiger partial charge is 0.493 e. The minimum Gasteiger partial charge on any atom is -0.493 e. The molecule has 1 amide bonds. The van der Waals surface area contributed by atoms with Crippen LogP contribution in [0.2, 0.25) is 0 Å². The number of hydrogen-bond donors (Lipinski definition) is 2. The minimum absolute atomic E-state index is 0.0561. The van der Waals surface area contributed by atoms with E-state index in [9.17, 15) is 4.79 Å². The molecule has 0 radical (unpaired) electrons. The van der Waals surface area contributed by atoms with E-state index < -0.39 is 0 Å². The number of piperidine rings is 1. The van der Waals surface area contributed by atoms with Gasteiger partial charge in [-0.3, -0.25) is 4.79 Å². The lowest BCUT2D eigenvalue weighted by atomic mass is 9.96. The van der Waals surface area contributed by atoms with Crippen LogP contribution in [-0.2, 0) is 11.3 Å². The number of rotatable bonds is 6. The normalized spacial score (nSPS) is 28.7. The molecule has 2 aliphatic heterocycles. The molecule has 0 aromatic heterocycles. The molecule has 3 rings (SSSR count). The lowest BCUT2D eigenvalue weighted by molar-refractivity contribution is -1.02. The number of amides is 1. The van der Waals surface area contributed by atoms with Gasteiger partial charge in [-0.05, 0) is 58.2 Å². The molecule has 2 aliphatic rings. The quantitative estimate of drug-likeness (QED) is 0.709. The minimum atomic E-state index is 0.0561. The maximum absolute atomic E-state index is 13.2. The molecule has 0 saturated carbocycles. The van der Waals surface area contributed by atoms with E-state index in [1.807, 2.05) is 6.07 Å². The summed E-state index contributed by atoms with van der Waals surface area (Å²) in [5.41, 5.74) is 1.26. The van der Waals surface area contributed by atoms with Gasteiger partial charge >= 0.3 is 0 Å². The van der Waals surface area contributed by atoms with Gasteiger partial charge in [0.05, 0.1) is 14.2 Å². The maximum atomic E-state index is 13.2. The van der Waals surface area contributed by atoms with Gasteiger partial charge in [0.25, 0.3) is 5.91 Å². The SMILES string of the molecule is COc1ccc(C[NH+]2CC[NH+]([C@H](C)C(=O)N3[C@H](C)CCC[C@H]3C)CC2)cc1OC. The maximum Gasteiger partial charge on any atom is 0.281 e. The first-order valence-electron chi connectivity index (χ1n) is 11.2. The first-order valence-corrected chi connectivity index (χ1v) is 11.2. The number of ether oxygens (including phenoxy) is 2. The highest BCUT2D eigenvalue weighted by Gasteiger charge is 2.37. The second kappa shape index (κ2) is 9.81. The van der Waals surface area contributed by atoms with E-state index in [1.165, 1.54) is 16.9 Å². The molecular weight excluding hydrogens is 366 g/mol. The first kappa shape index (κ1) is 21.9. The van der Waals surface area contributed by atoms with Gasteiger partial charge < -0.3 is 24.2 Å². The van der Waals surface area contributed by atoms with E-state index in [1.54, 1.807) is 19.1 Å². The molecule has 6 heteroatoms. The van der Waals surface area contributed by atoms with Crippen LogP contribution in [0.3, 0.4) is 0 Å². The summed E-state index contributed by atoms with van der Waals surface area (Å²) in [4.78, 5) is 18.4. The molecule has 3 atom stereocenters. The summed E-state index contributed by atoms with van der Waals surface area (Å²) in [5.74, 6) is 1.91.